The molecule has 0 N–H and O–H groups in total. The zero-order valence-electron chi connectivity index (χ0n) is 15.7. The Morgan fingerprint density at radius 3 is 1.96 bits per heavy atom. The molecule has 0 amide bonds. The number of esters is 2. The fourth-order valence-corrected chi connectivity index (χ4v) is 3.20. The van der Waals surface area contributed by atoms with E-state index in [9.17, 15) is 9.59 Å². The molecule has 1 aliphatic carbocycles. The average molecular weight is 338 g/mol. The van der Waals surface area contributed by atoms with Gasteiger partial charge in [-0.1, -0.05) is 46.5 Å². The first-order valence-electron chi connectivity index (χ1n) is 9.72. The van der Waals surface area contributed by atoms with Crippen LogP contribution in [-0.4, -0.2) is 25.2 Å². The lowest BCUT2D eigenvalue weighted by atomic mass is 9.90. The minimum absolute atomic E-state index is 0.153. The van der Waals surface area contributed by atoms with Crippen molar-refractivity contribution in [2.45, 2.75) is 85.0 Å². The minimum atomic E-state index is -0.316. The van der Waals surface area contributed by atoms with Gasteiger partial charge in [-0.05, 0) is 44.4 Å². The Hall–Kier alpha value is -1.32. The maximum absolute atomic E-state index is 12.7. The molecule has 0 unspecified atom stereocenters. The van der Waals surface area contributed by atoms with Crippen molar-refractivity contribution < 1.29 is 19.1 Å². The maximum atomic E-state index is 12.7. The molecule has 4 nitrogen and oxygen atoms in total. The van der Waals surface area contributed by atoms with Gasteiger partial charge in [-0.15, -0.1) is 0 Å². The summed E-state index contributed by atoms with van der Waals surface area (Å²) >= 11 is 0. The number of hydrogen-bond acceptors (Lipinski definition) is 4. The Morgan fingerprint density at radius 2 is 1.42 bits per heavy atom. The van der Waals surface area contributed by atoms with Gasteiger partial charge >= 0.3 is 11.9 Å². The van der Waals surface area contributed by atoms with Crippen molar-refractivity contribution in [2.75, 3.05) is 13.2 Å². The molecule has 0 aliphatic heterocycles. The highest BCUT2D eigenvalue weighted by molar-refractivity contribution is 6.00. The highest BCUT2D eigenvalue weighted by Gasteiger charge is 2.31. The normalized spacial score (nSPS) is 16.0. The van der Waals surface area contributed by atoms with Gasteiger partial charge in [-0.2, -0.15) is 0 Å². The fraction of sp³-hybridized carbons (Fsp3) is 0.800. The molecule has 4 heteroatoms. The molecule has 0 aromatic heterocycles. The van der Waals surface area contributed by atoms with Crippen molar-refractivity contribution in [1.29, 1.82) is 0 Å². The van der Waals surface area contributed by atoms with E-state index in [2.05, 4.69) is 6.92 Å². The van der Waals surface area contributed by atoms with Crippen molar-refractivity contribution in [3.05, 3.63) is 11.1 Å². The first kappa shape index (κ1) is 20.7. The fourth-order valence-electron chi connectivity index (χ4n) is 3.20. The van der Waals surface area contributed by atoms with Crippen LogP contribution in [0.25, 0.3) is 0 Å². The third-order valence-electron chi connectivity index (χ3n) is 4.46. The summed E-state index contributed by atoms with van der Waals surface area (Å²) < 4.78 is 10.8. The van der Waals surface area contributed by atoms with Crippen LogP contribution in [0, 0.1) is 5.92 Å². The first-order valence-corrected chi connectivity index (χ1v) is 9.72. The summed E-state index contributed by atoms with van der Waals surface area (Å²) in [7, 11) is 0. The predicted octanol–water partition coefficient (Wildman–Crippen LogP) is 4.96. The highest BCUT2D eigenvalue weighted by Crippen LogP contribution is 2.35. The summed E-state index contributed by atoms with van der Waals surface area (Å²) in [6, 6.07) is 0. The van der Waals surface area contributed by atoms with Crippen LogP contribution in [0.2, 0.25) is 0 Å². The Bertz CT molecular complexity index is 419. The lowest BCUT2D eigenvalue weighted by Gasteiger charge is -2.19. The molecular formula is C20H34O4. The van der Waals surface area contributed by atoms with Gasteiger partial charge in [0.15, 0.2) is 0 Å². The molecule has 0 heterocycles. The summed E-state index contributed by atoms with van der Waals surface area (Å²) in [5.41, 5.74) is 1.18. The van der Waals surface area contributed by atoms with Crippen molar-refractivity contribution in [3.8, 4) is 0 Å². The van der Waals surface area contributed by atoms with Gasteiger partial charge in [0.05, 0.1) is 18.8 Å². The van der Waals surface area contributed by atoms with Crippen LogP contribution >= 0.6 is 0 Å². The van der Waals surface area contributed by atoms with Crippen LogP contribution in [0.4, 0.5) is 0 Å². The SMILES string of the molecule is CCCCCC(C(=O)OCCC)=C(C(=O)OCCC)C1CCCC1. The summed E-state index contributed by atoms with van der Waals surface area (Å²) in [6.07, 6.45) is 9.38. The second-order valence-electron chi connectivity index (χ2n) is 6.60. The van der Waals surface area contributed by atoms with Gasteiger partial charge in [-0.25, -0.2) is 9.59 Å². The number of unbranched alkanes of at least 4 members (excludes halogenated alkanes) is 2. The molecule has 1 aliphatic rings. The van der Waals surface area contributed by atoms with E-state index >= 15 is 0 Å². The number of carbonyl (C=O) groups is 2. The van der Waals surface area contributed by atoms with Crippen LogP contribution in [0.15, 0.2) is 11.1 Å². The number of rotatable bonds is 11. The van der Waals surface area contributed by atoms with Gasteiger partial charge in [0, 0.05) is 5.57 Å². The van der Waals surface area contributed by atoms with Crippen LogP contribution < -0.4 is 0 Å². The molecule has 0 aromatic carbocycles. The number of hydrogen-bond donors (Lipinski definition) is 0. The molecule has 138 valence electrons. The quantitative estimate of drug-likeness (QED) is 0.303. The van der Waals surface area contributed by atoms with E-state index in [1.807, 2.05) is 13.8 Å². The monoisotopic (exact) mass is 338 g/mol. The van der Waals surface area contributed by atoms with E-state index in [0.29, 0.717) is 30.8 Å². The van der Waals surface area contributed by atoms with E-state index in [1.165, 1.54) is 0 Å². The lowest BCUT2D eigenvalue weighted by Crippen LogP contribution is -2.22. The van der Waals surface area contributed by atoms with Gasteiger partial charge in [0.25, 0.3) is 0 Å². The Labute approximate surface area is 147 Å². The zero-order valence-corrected chi connectivity index (χ0v) is 15.7. The highest BCUT2D eigenvalue weighted by atomic mass is 16.5. The second-order valence-corrected chi connectivity index (χ2v) is 6.60. The molecule has 1 rings (SSSR count). The number of ether oxygens (including phenoxy) is 2. The third kappa shape index (κ3) is 6.66. The lowest BCUT2D eigenvalue weighted by molar-refractivity contribution is -0.143. The summed E-state index contributed by atoms with van der Waals surface area (Å²) in [5.74, 6) is -0.466. The Balaban J connectivity index is 3.07. The smallest absolute Gasteiger partial charge is 0.334 e. The molecule has 0 aromatic rings. The third-order valence-corrected chi connectivity index (χ3v) is 4.46. The van der Waals surface area contributed by atoms with Gasteiger partial charge in [-0.3, -0.25) is 0 Å². The van der Waals surface area contributed by atoms with E-state index in [-0.39, 0.29) is 17.9 Å². The molecule has 0 spiro atoms. The van der Waals surface area contributed by atoms with Gasteiger partial charge < -0.3 is 9.47 Å². The van der Waals surface area contributed by atoms with Crippen molar-refractivity contribution in [2.24, 2.45) is 5.92 Å². The Kier molecular flexibility index (Phi) is 10.4. The van der Waals surface area contributed by atoms with Gasteiger partial charge in [0.1, 0.15) is 0 Å². The van der Waals surface area contributed by atoms with Crippen molar-refractivity contribution in [3.63, 3.8) is 0 Å². The topological polar surface area (TPSA) is 52.6 Å². The van der Waals surface area contributed by atoms with Crippen LogP contribution in [0.3, 0.4) is 0 Å². The maximum Gasteiger partial charge on any atom is 0.334 e. The summed E-state index contributed by atoms with van der Waals surface area (Å²) in [4.78, 5) is 25.2. The average Bonchev–Trinajstić information content (AvgIpc) is 3.11. The van der Waals surface area contributed by atoms with E-state index in [1.54, 1.807) is 0 Å². The Morgan fingerprint density at radius 1 is 0.833 bits per heavy atom. The van der Waals surface area contributed by atoms with Crippen molar-refractivity contribution >= 4 is 11.9 Å². The minimum Gasteiger partial charge on any atom is -0.462 e. The second kappa shape index (κ2) is 12.1. The first-order chi connectivity index (χ1) is 11.7. The molecule has 1 fully saturated rings. The molecule has 1 saturated carbocycles. The van der Waals surface area contributed by atoms with Crippen LogP contribution in [0.1, 0.15) is 85.0 Å². The van der Waals surface area contributed by atoms with Crippen LogP contribution in [-0.2, 0) is 19.1 Å². The zero-order chi connectivity index (χ0) is 17.8. The summed E-state index contributed by atoms with van der Waals surface area (Å²) in [5, 5.41) is 0. The van der Waals surface area contributed by atoms with E-state index in [4.69, 9.17) is 9.47 Å². The molecule has 0 atom stereocenters. The standard InChI is InChI=1S/C20H34O4/c1-4-7-8-13-17(19(21)23-14-5-2)18(16-11-9-10-12-16)20(22)24-15-6-3/h16H,4-15H2,1-3H3. The predicted molar refractivity (Wildman–Crippen MR) is 95.6 cm³/mol. The van der Waals surface area contributed by atoms with E-state index < -0.39 is 0 Å². The van der Waals surface area contributed by atoms with Crippen molar-refractivity contribution in [1.82, 2.24) is 0 Å². The number of carbonyl (C=O) groups excluding carboxylic acids is 2. The van der Waals surface area contributed by atoms with Gasteiger partial charge in [0.2, 0.25) is 0 Å². The molecule has 0 radical (unpaired) electrons. The molecule has 0 saturated heterocycles. The molecule has 24 heavy (non-hydrogen) atoms. The largest absolute Gasteiger partial charge is 0.462 e. The molecule has 0 bridgehead atoms. The summed E-state index contributed by atoms with van der Waals surface area (Å²) in [6.45, 7) is 6.89. The molecular weight excluding hydrogens is 304 g/mol. The van der Waals surface area contributed by atoms with E-state index in [0.717, 1.165) is 57.8 Å². The van der Waals surface area contributed by atoms with Crippen LogP contribution in [0.5, 0.6) is 0 Å².